The topological polar surface area (TPSA) is 123 Å². The van der Waals surface area contributed by atoms with E-state index in [-0.39, 0.29) is 5.56 Å². The molecule has 9 nitrogen and oxygen atoms in total. The van der Waals surface area contributed by atoms with Crippen molar-refractivity contribution in [3.63, 3.8) is 0 Å². The Hall–Kier alpha value is -3.75. The van der Waals surface area contributed by atoms with Crippen molar-refractivity contribution in [3.05, 3.63) is 81.9 Å². The number of phenols is 1. The SMILES string of the molecule is O=C(NCc1ccc(Cn2cncn2)cc1)c1ccc([N+](=O)[O-])c(O)c1. The van der Waals surface area contributed by atoms with Crippen LogP contribution in [0.5, 0.6) is 5.75 Å². The van der Waals surface area contributed by atoms with E-state index in [2.05, 4.69) is 15.4 Å². The number of hydrogen-bond donors (Lipinski definition) is 2. The number of aromatic hydroxyl groups is 1. The normalized spacial score (nSPS) is 10.5. The van der Waals surface area contributed by atoms with Gasteiger partial charge in [-0.3, -0.25) is 14.9 Å². The molecule has 3 rings (SSSR count). The van der Waals surface area contributed by atoms with Crippen molar-refractivity contribution < 1.29 is 14.8 Å². The van der Waals surface area contributed by atoms with Crippen molar-refractivity contribution in [2.45, 2.75) is 13.1 Å². The Morgan fingerprint density at radius 1 is 1.19 bits per heavy atom. The minimum Gasteiger partial charge on any atom is -0.502 e. The lowest BCUT2D eigenvalue weighted by molar-refractivity contribution is -0.385. The van der Waals surface area contributed by atoms with E-state index in [0.717, 1.165) is 23.3 Å². The third kappa shape index (κ3) is 4.01. The van der Waals surface area contributed by atoms with Crippen molar-refractivity contribution in [1.29, 1.82) is 0 Å². The molecule has 1 amide bonds. The highest BCUT2D eigenvalue weighted by Crippen LogP contribution is 2.26. The van der Waals surface area contributed by atoms with E-state index in [1.165, 1.54) is 12.4 Å². The van der Waals surface area contributed by atoms with Crippen molar-refractivity contribution in [2.75, 3.05) is 0 Å². The number of aromatic nitrogens is 3. The van der Waals surface area contributed by atoms with Crippen LogP contribution in [0.2, 0.25) is 0 Å². The molecule has 26 heavy (non-hydrogen) atoms. The first-order chi connectivity index (χ1) is 12.5. The van der Waals surface area contributed by atoms with Crippen LogP contribution in [-0.4, -0.2) is 30.7 Å². The lowest BCUT2D eigenvalue weighted by Gasteiger charge is -2.07. The van der Waals surface area contributed by atoms with Crippen LogP contribution in [0, 0.1) is 10.1 Å². The average molecular weight is 353 g/mol. The van der Waals surface area contributed by atoms with Gasteiger partial charge < -0.3 is 10.4 Å². The van der Waals surface area contributed by atoms with E-state index in [4.69, 9.17) is 0 Å². The maximum absolute atomic E-state index is 12.1. The molecule has 0 saturated carbocycles. The van der Waals surface area contributed by atoms with E-state index in [1.807, 2.05) is 24.3 Å². The Morgan fingerprint density at radius 2 is 1.92 bits per heavy atom. The molecule has 132 valence electrons. The van der Waals surface area contributed by atoms with Gasteiger partial charge in [-0.25, -0.2) is 9.67 Å². The highest BCUT2D eigenvalue weighted by Gasteiger charge is 2.15. The first-order valence-electron chi connectivity index (χ1n) is 7.69. The second kappa shape index (κ2) is 7.43. The molecule has 9 heteroatoms. The molecule has 0 atom stereocenters. The quantitative estimate of drug-likeness (QED) is 0.515. The number of nitrogens with zero attached hydrogens (tertiary/aromatic N) is 4. The fraction of sp³-hybridized carbons (Fsp3) is 0.118. The highest BCUT2D eigenvalue weighted by atomic mass is 16.6. The van der Waals surface area contributed by atoms with Crippen LogP contribution in [0.3, 0.4) is 0 Å². The summed E-state index contributed by atoms with van der Waals surface area (Å²) >= 11 is 0. The number of nitro groups is 1. The van der Waals surface area contributed by atoms with Gasteiger partial charge in [-0.1, -0.05) is 24.3 Å². The van der Waals surface area contributed by atoms with E-state index < -0.39 is 22.3 Å². The molecule has 2 N–H and O–H groups in total. The largest absolute Gasteiger partial charge is 0.502 e. The van der Waals surface area contributed by atoms with Crippen LogP contribution in [-0.2, 0) is 13.1 Å². The van der Waals surface area contributed by atoms with Gasteiger partial charge in [0, 0.05) is 18.2 Å². The fourth-order valence-corrected chi connectivity index (χ4v) is 2.37. The highest BCUT2D eigenvalue weighted by molar-refractivity contribution is 5.95. The molecule has 0 aliphatic rings. The monoisotopic (exact) mass is 353 g/mol. The Morgan fingerprint density at radius 3 is 2.54 bits per heavy atom. The Kier molecular flexibility index (Phi) is 4.88. The molecule has 0 aliphatic carbocycles. The van der Waals surface area contributed by atoms with Gasteiger partial charge in [0.25, 0.3) is 5.91 Å². The van der Waals surface area contributed by atoms with Gasteiger partial charge >= 0.3 is 5.69 Å². The third-order valence-electron chi connectivity index (χ3n) is 3.72. The first-order valence-corrected chi connectivity index (χ1v) is 7.69. The number of hydrogen-bond acceptors (Lipinski definition) is 6. The molecule has 1 aromatic heterocycles. The summed E-state index contributed by atoms with van der Waals surface area (Å²) in [7, 11) is 0. The zero-order valence-corrected chi connectivity index (χ0v) is 13.6. The molecule has 3 aromatic rings. The summed E-state index contributed by atoms with van der Waals surface area (Å²) in [6.45, 7) is 0.898. The Bertz CT molecular complexity index is 923. The molecule has 1 heterocycles. The first kappa shape index (κ1) is 17.1. The lowest BCUT2D eigenvalue weighted by Crippen LogP contribution is -2.22. The van der Waals surface area contributed by atoms with Crippen LogP contribution < -0.4 is 5.32 Å². The summed E-state index contributed by atoms with van der Waals surface area (Å²) < 4.78 is 1.71. The number of phenolic OH excluding ortho intramolecular Hbond substituents is 1. The maximum atomic E-state index is 12.1. The second-order valence-corrected chi connectivity index (χ2v) is 5.55. The molecular formula is C17H15N5O4. The molecule has 0 fully saturated rings. The van der Waals surface area contributed by atoms with Gasteiger partial charge in [0.05, 0.1) is 11.5 Å². The minimum absolute atomic E-state index is 0.149. The molecule has 0 radical (unpaired) electrons. The van der Waals surface area contributed by atoms with E-state index >= 15 is 0 Å². The number of rotatable bonds is 6. The molecule has 2 aromatic carbocycles. The number of nitrogens with one attached hydrogen (secondary N) is 1. The molecule has 0 bridgehead atoms. The summed E-state index contributed by atoms with van der Waals surface area (Å²) in [5.74, 6) is -0.970. The summed E-state index contributed by atoms with van der Waals surface area (Å²) in [5, 5.41) is 27.0. The Balaban J connectivity index is 1.59. The van der Waals surface area contributed by atoms with Crippen molar-refractivity contribution in [3.8, 4) is 5.75 Å². The third-order valence-corrected chi connectivity index (χ3v) is 3.72. The van der Waals surface area contributed by atoms with E-state index in [0.29, 0.717) is 13.1 Å². The van der Waals surface area contributed by atoms with Gasteiger partial charge in [0.1, 0.15) is 12.7 Å². The maximum Gasteiger partial charge on any atom is 0.310 e. The molecule has 0 unspecified atom stereocenters. The summed E-state index contributed by atoms with van der Waals surface area (Å²) in [4.78, 5) is 26.0. The van der Waals surface area contributed by atoms with Crippen LogP contribution in [0.25, 0.3) is 0 Å². The zero-order valence-electron chi connectivity index (χ0n) is 13.6. The van der Waals surface area contributed by atoms with Crippen molar-refractivity contribution >= 4 is 11.6 Å². The van der Waals surface area contributed by atoms with Crippen LogP contribution >= 0.6 is 0 Å². The molecule has 0 spiro atoms. The van der Waals surface area contributed by atoms with Gasteiger partial charge in [-0.2, -0.15) is 5.10 Å². The molecule has 0 saturated heterocycles. The van der Waals surface area contributed by atoms with Crippen LogP contribution in [0.15, 0.2) is 55.1 Å². The number of benzene rings is 2. The lowest BCUT2D eigenvalue weighted by atomic mass is 10.1. The molecular weight excluding hydrogens is 338 g/mol. The van der Waals surface area contributed by atoms with Crippen LogP contribution in [0.1, 0.15) is 21.5 Å². The predicted molar refractivity (Wildman–Crippen MR) is 91.5 cm³/mol. The smallest absolute Gasteiger partial charge is 0.310 e. The fourth-order valence-electron chi connectivity index (χ4n) is 2.37. The van der Waals surface area contributed by atoms with Gasteiger partial charge in [0.15, 0.2) is 5.75 Å². The second-order valence-electron chi connectivity index (χ2n) is 5.55. The number of amides is 1. The standard InChI is InChI=1S/C17H15N5O4/c23-16-7-14(5-6-15(16)22(25)26)17(24)19-8-12-1-3-13(4-2-12)9-21-11-18-10-20-21/h1-7,10-11,23H,8-9H2,(H,19,24). The Labute approximate surface area is 148 Å². The number of carbonyl (C=O) groups is 1. The van der Waals surface area contributed by atoms with Crippen molar-refractivity contribution in [1.82, 2.24) is 20.1 Å². The van der Waals surface area contributed by atoms with E-state index in [9.17, 15) is 20.0 Å². The number of nitro benzene ring substituents is 1. The summed E-state index contributed by atoms with van der Waals surface area (Å²) in [6, 6.07) is 11.1. The van der Waals surface area contributed by atoms with Gasteiger partial charge in [-0.05, 0) is 23.3 Å². The summed E-state index contributed by atoms with van der Waals surface area (Å²) in [6.07, 6.45) is 3.10. The van der Waals surface area contributed by atoms with Crippen molar-refractivity contribution in [2.24, 2.45) is 0 Å². The predicted octanol–water partition coefficient (Wildman–Crippen LogP) is 1.87. The minimum atomic E-state index is -0.710. The van der Waals surface area contributed by atoms with Crippen LogP contribution in [0.4, 0.5) is 5.69 Å². The zero-order chi connectivity index (χ0) is 18.5. The van der Waals surface area contributed by atoms with E-state index in [1.54, 1.807) is 11.0 Å². The summed E-state index contributed by atoms with van der Waals surface area (Å²) in [5.41, 5.74) is 1.65. The van der Waals surface area contributed by atoms with Gasteiger partial charge in [0.2, 0.25) is 0 Å². The molecule has 0 aliphatic heterocycles. The average Bonchev–Trinajstić information content (AvgIpc) is 3.13. The number of carbonyl (C=O) groups excluding carboxylic acids is 1. The van der Waals surface area contributed by atoms with Gasteiger partial charge in [-0.15, -0.1) is 0 Å².